The first-order valence-corrected chi connectivity index (χ1v) is 8.08. The van der Waals surface area contributed by atoms with Gasteiger partial charge in [-0.15, -0.1) is 0 Å². The second kappa shape index (κ2) is 7.34. The Kier molecular flexibility index (Phi) is 4.97. The Labute approximate surface area is 148 Å². The Morgan fingerprint density at radius 3 is 2.92 bits per heavy atom. The number of non-ortho nitro benzene ring substituents is 1. The fraction of sp³-hybridized carbons (Fsp3) is 0.353. The van der Waals surface area contributed by atoms with Crippen LogP contribution in [-0.4, -0.2) is 46.1 Å². The highest BCUT2D eigenvalue weighted by Gasteiger charge is 2.33. The van der Waals surface area contributed by atoms with Crippen LogP contribution in [-0.2, 0) is 14.3 Å². The van der Waals surface area contributed by atoms with E-state index < -0.39 is 16.9 Å². The Morgan fingerprint density at radius 2 is 2.19 bits per heavy atom. The number of likely N-dealkylation sites (tertiary alicyclic amines) is 1. The summed E-state index contributed by atoms with van der Waals surface area (Å²) in [5.41, 5.74) is 0.226. The maximum absolute atomic E-state index is 12.2. The molecule has 0 unspecified atom stereocenters. The van der Waals surface area contributed by atoms with Gasteiger partial charge in [0.25, 0.3) is 5.69 Å². The zero-order valence-electron chi connectivity index (χ0n) is 14.1. The van der Waals surface area contributed by atoms with E-state index in [2.05, 4.69) is 4.98 Å². The highest BCUT2D eigenvalue weighted by Crippen LogP contribution is 2.31. The lowest BCUT2D eigenvalue weighted by Gasteiger charge is -2.21. The highest BCUT2D eigenvalue weighted by molar-refractivity contribution is 5.92. The largest absolute Gasteiger partial charge is 0.455 e. The van der Waals surface area contributed by atoms with Gasteiger partial charge in [0.15, 0.2) is 0 Å². The van der Waals surface area contributed by atoms with Crippen molar-refractivity contribution in [1.29, 1.82) is 0 Å². The van der Waals surface area contributed by atoms with Gasteiger partial charge in [-0.2, -0.15) is 0 Å². The third kappa shape index (κ3) is 3.41. The first-order valence-electron chi connectivity index (χ1n) is 8.08. The van der Waals surface area contributed by atoms with Crippen molar-refractivity contribution in [2.45, 2.75) is 25.8 Å². The molecule has 0 spiro atoms. The minimum Gasteiger partial charge on any atom is -0.455 e. The van der Waals surface area contributed by atoms with Crippen molar-refractivity contribution in [3.05, 3.63) is 40.6 Å². The molecule has 1 aromatic heterocycles. The summed E-state index contributed by atoms with van der Waals surface area (Å²) >= 11 is 0. The lowest BCUT2D eigenvalue weighted by atomic mass is 10.1. The number of aromatic nitrogens is 1. The molecule has 26 heavy (non-hydrogen) atoms. The molecule has 0 bridgehead atoms. The minimum atomic E-state index is -0.595. The van der Waals surface area contributed by atoms with Gasteiger partial charge < -0.3 is 14.4 Å². The van der Waals surface area contributed by atoms with Crippen molar-refractivity contribution >= 4 is 28.5 Å². The van der Waals surface area contributed by atoms with Crippen molar-refractivity contribution in [3.63, 3.8) is 0 Å². The predicted molar refractivity (Wildman–Crippen MR) is 90.4 cm³/mol. The molecule has 136 valence electrons. The standard InChI is InChI=1S/C17H17N3O6/c1-11(21)19-9-3-5-14(19)17(22)26-10-25-15-7-6-13(20(23)24)12-4-2-8-18-16(12)15/h2,4,6-8,14H,3,5,9-10H2,1H3/t14-/m1/s1. The number of carbonyl (C=O) groups excluding carboxylic acids is 2. The molecule has 1 amide bonds. The minimum absolute atomic E-state index is 0.0829. The summed E-state index contributed by atoms with van der Waals surface area (Å²) in [6, 6.07) is 5.30. The maximum Gasteiger partial charge on any atom is 0.331 e. The Morgan fingerprint density at radius 1 is 1.38 bits per heavy atom. The SMILES string of the molecule is CC(=O)N1CCC[C@@H]1C(=O)OCOc1ccc([N+](=O)[O-])c2cccnc12. The fourth-order valence-electron chi connectivity index (χ4n) is 3.04. The summed E-state index contributed by atoms with van der Waals surface area (Å²) in [5.74, 6) is -0.429. The number of nitro benzene ring substituents is 1. The van der Waals surface area contributed by atoms with E-state index in [1.54, 1.807) is 12.1 Å². The molecule has 0 radical (unpaired) electrons. The van der Waals surface area contributed by atoms with Gasteiger partial charge in [0, 0.05) is 25.7 Å². The van der Waals surface area contributed by atoms with E-state index in [0.717, 1.165) is 6.42 Å². The molecule has 0 saturated carbocycles. The quantitative estimate of drug-likeness (QED) is 0.347. The van der Waals surface area contributed by atoms with E-state index in [0.29, 0.717) is 23.9 Å². The molecule has 3 rings (SSSR count). The number of esters is 1. The summed E-state index contributed by atoms with van der Waals surface area (Å²) in [6.07, 6.45) is 2.80. The van der Waals surface area contributed by atoms with Gasteiger partial charge in [-0.25, -0.2) is 4.79 Å². The van der Waals surface area contributed by atoms with Gasteiger partial charge in [-0.3, -0.25) is 19.9 Å². The zero-order valence-corrected chi connectivity index (χ0v) is 14.1. The number of pyridine rings is 1. The van der Waals surface area contributed by atoms with Crippen molar-refractivity contribution < 1.29 is 24.0 Å². The summed E-state index contributed by atoms with van der Waals surface area (Å²) in [7, 11) is 0. The number of ether oxygens (including phenoxy) is 2. The third-order valence-corrected chi connectivity index (χ3v) is 4.25. The average molecular weight is 359 g/mol. The van der Waals surface area contributed by atoms with E-state index in [9.17, 15) is 19.7 Å². The van der Waals surface area contributed by atoms with Crippen LogP contribution in [0.15, 0.2) is 30.5 Å². The molecule has 1 atom stereocenters. The van der Waals surface area contributed by atoms with E-state index in [4.69, 9.17) is 9.47 Å². The average Bonchev–Trinajstić information content (AvgIpc) is 3.11. The normalized spacial score (nSPS) is 16.5. The van der Waals surface area contributed by atoms with Crippen LogP contribution in [0.2, 0.25) is 0 Å². The van der Waals surface area contributed by atoms with E-state index in [1.165, 1.54) is 30.2 Å². The Balaban J connectivity index is 1.69. The second-order valence-corrected chi connectivity index (χ2v) is 5.84. The van der Waals surface area contributed by atoms with Crippen LogP contribution in [0.1, 0.15) is 19.8 Å². The van der Waals surface area contributed by atoms with Crippen LogP contribution >= 0.6 is 0 Å². The highest BCUT2D eigenvalue weighted by atomic mass is 16.7. The molecular weight excluding hydrogens is 342 g/mol. The first-order chi connectivity index (χ1) is 12.5. The predicted octanol–water partition coefficient (Wildman–Crippen LogP) is 2.03. The summed E-state index contributed by atoms with van der Waals surface area (Å²) in [4.78, 5) is 39.9. The summed E-state index contributed by atoms with van der Waals surface area (Å²) < 4.78 is 10.6. The van der Waals surface area contributed by atoms with Crippen LogP contribution in [0.3, 0.4) is 0 Å². The molecule has 9 nitrogen and oxygen atoms in total. The fourth-order valence-corrected chi connectivity index (χ4v) is 3.04. The van der Waals surface area contributed by atoms with E-state index in [-0.39, 0.29) is 24.1 Å². The smallest absolute Gasteiger partial charge is 0.331 e. The number of nitrogens with zero attached hydrogens (tertiary/aromatic N) is 3. The van der Waals surface area contributed by atoms with Gasteiger partial charge in [-0.1, -0.05) is 0 Å². The number of fused-ring (bicyclic) bond motifs is 1. The number of amides is 1. The molecule has 1 aliphatic rings. The zero-order chi connectivity index (χ0) is 18.7. The number of hydrogen-bond acceptors (Lipinski definition) is 7. The first kappa shape index (κ1) is 17.6. The number of benzene rings is 1. The molecular formula is C17H17N3O6. The topological polar surface area (TPSA) is 112 Å². The van der Waals surface area contributed by atoms with Gasteiger partial charge in [0.2, 0.25) is 12.7 Å². The number of nitro groups is 1. The molecule has 1 fully saturated rings. The van der Waals surface area contributed by atoms with E-state index in [1.807, 2.05) is 0 Å². The van der Waals surface area contributed by atoms with Gasteiger partial charge in [-0.05, 0) is 31.0 Å². The van der Waals surface area contributed by atoms with Crippen LogP contribution in [0, 0.1) is 10.1 Å². The maximum atomic E-state index is 12.2. The monoisotopic (exact) mass is 359 g/mol. The van der Waals surface area contributed by atoms with Crippen LogP contribution in [0.25, 0.3) is 10.9 Å². The van der Waals surface area contributed by atoms with Crippen LogP contribution < -0.4 is 4.74 Å². The lowest BCUT2D eigenvalue weighted by Crippen LogP contribution is -2.40. The lowest BCUT2D eigenvalue weighted by molar-refractivity contribution is -0.383. The number of rotatable bonds is 5. The van der Waals surface area contributed by atoms with Gasteiger partial charge >= 0.3 is 5.97 Å². The van der Waals surface area contributed by atoms with Gasteiger partial charge in [0.1, 0.15) is 17.3 Å². The molecule has 0 N–H and O–H groups in total. The van der Waals surface area contributed by atoms with E-state index >= 15 is 0 Å². The summed E-state index contributed by atoms with van der Waals surface area (Å²) in [6.45, 7) is 1.58. The van der Waals surface area contributed by atoms with Crippen molar-refractivity contribution in [2.24, 2.45) is 0 Å². The Bertz CT molecular complexity index is 869. The molecule has 2 aromatic rings. The van der Waals surface area contributed by atoms with Crippen molar-refractivity contribution in [3.8, 4) is 5.75 Å². The van der Waals surface area contributed by atoms with Gasteiger partial charge in [0.05, 0.1) is 10.3 Å². The van der Waals surface area contributed by atoms with Crippen molar-refractivity contribution in [2.75, 3.05) is 13.3 Å². The number of carbonyl (C=O) groups is 2. The van der Waals surface area contributed by atoms with Crippen LogP contribution in [0.4, 0.5) is 5.69 Å². The molecule has 0 aliphatic carbocycles. The molecule has 1 aromatic carbocycles. The molecule has 1 saturated heterocycles. The molecule has 1 aliphatic heterocycles. The molecule has 2 heterocycles. The van der Waals surface area contributed by atoms with Crippen LogP contribution in [0.5, 0.6) is 5.75 Å². The second-order valence-electron chi connectivity index (χ2n) is 5.84. The molecule has 9 heteroatoms. The third-order valence-electron chi connectivity index (χ3n) is 4.25. The number of hydrogen-bond donors (Lipinski definition) is 0. The Hall–Kier alpha value is -3.23. The summed E-state index contributed by atoms with van der Waals surface area (Å²) in [5, 5.41) is 11.4. The van der Waals surface area contributed by atoms with Crippen molar-refractivity contribution in [1.82, 2.24) is 9.88 Å².